The van der Waals surface area contributed by atoms with Crippen LogP contribution in [0.5, 0.6) is 5.75 Å². The van der Waals surface area contributed by atoms with Gasteiger partial charge in [-0.25, -0.2) is 4.68 Å². The monoisotopic (exact) mass is 405 g/mol. The highest BCUT2D eigenvalue weighted by molar-refractivity contribution is 6.00. The van der Waals surface area contributed by atoms with Crippen molar-refractivity contribution in [2.24, 2.45) is 0 Å². The predicted molar refractivity (Wildman–Crippen MR) is 116 cm³/mol. The van der Waals surface area contributed by atoms with Gasteiger partial charge in [0.25, 0.3) is 5.91 Å². The molecule has 0 saturated carbocycles. The quantitative estimate of drug-likeness (QED) is 0.619. The van der Waals surface area contributed by atoms with E-state index in [2.05, 4.69) is 0 Å². The lowest BCUT2D eigenvalue weighted by molar-refractivity contribution is 0.0587. The summed E-state index contributed by atoms with van der Waals surface area (Å²) in [5, 5.41) is 4.77. The molecule has 0 N–H and O–H groups in total. The van der Waals surface area contributed by atoms with Crippen LogP contribution in [0.4, 0.5) is 0 Å². The first-order valence-electron chi connectivity index (χ1n) is 10.2. The van der Waals surface area contributed by atoms with Crippen LogP contribution in [0.2, 0.25) is 0 Å². The van der Waals surface area contributed by atoms with E-state index in [1.807, 2.05) is 68.7 Å². The van der Waals surface area contributed by atoms with E-state index in [-0.39, 0.29) is 12.0 Å². The number of aromatic nitrogens is 2. The summed E-state index contributed by atoms with van der Waals surface area (Å²) in [5.74, 6) is 0.658. The lowest BCUT2D eigenvalue weighted by Gasteiger charge is -2.20. The topological polar surface area (TPSA) is 56.6 Å². The second-order valence-corrected chi connectivity index (χ2v) is 7.72. The van der Waals surface area contributed by atoms with Crippen molar-refractivity contribution in [1.29, 1.82) is 0 Å². The standard InChI is InChI=1S/C24H27N3O3/c1-17-9-11-19(12-10-17)27-16-22(24(28)26(2)15-21-8-5-13-30-21)23(25-27)18-6-4-7-20(14-18)29-3/h4,6-7,9-12,14,16,21H,5,8,13,15H2,1-3H3. The molecule has 1 fully saturated rings. The van der Waals surface area contributed by atoms with Crippen molar-refractivity contribution in [2.75, 3.05) is 27.3 Å². The Hall–Kier alpha value is -3.12. The maximum atomic E-state index is 13.4. The van der Waals surface area contributed by atoms with E-state index in [1.54, 1.807) is 16.7 Å². The number of nitrogens with zero attached hydrogens (tertiary/aromatic N) is 3. The van der Waals surface area contributed by atoms with Crippen LogP contribution < -0.4 is 4.74 Å². The van der Waals surface area contributed by atoms with Crippen molar-refractivity contribution in [2.45, 2.75) is 25.9 Å². The molecule has 156 valence electrons. The number of carbonyl (C=O) groups excluding carboxylic acids is 1. The number of aryl methyl sites for hydroxylation is 1. The summed E-state index contributed by atoms with van der Waals surface area (Å²) in [4.78, 5) is 15.1. The minimum atomic E-state index is -0.0679. The van der Waals surface area contributed by atoms with Crippen molar-refractivity contribution in [3.8, 4) is 22.7 Å². The zero-order valence-electron chi connectivity index (χ0n) is 17.7. The number of rotatable bonds is 6. The van der Waals surface area contributed by atoms with Gasteiger partial charge in [-0.15, -0.1) is 0 Å². The molecule has 30 heavy (non-hydrogen) atoms. The molecule has 6 heteroatoms. The molecule has 0 bridgehead atoms. The van der Waals surface area contributed by atoms with Crippen LogP contribution in [0.3, 0.4) is 0 Å². The summed E-state index contributed by atoms with van der Waals surface area (Å²) >= 11 is 0. The zero-order valence-corrected chi connectivity index (χ0v) is 17.7. The van der Waals surface area contributed by atoms with Crippen molar-refractivity contribution in [3.63, 3.8) is 0 Å². The average molecular weight is 405 g/mol. The summed E-state index contributed by atoms with van der Waals surface area (Å²) in [6, 6.07) is 15.7. The lowest BCUT2D eigenvalue weighted by Crippen LogP contribution is -2.34. The summed E-state index contributed by atoms with van der Waals surface area (Å²) < 4.78 is 12.8. The normalized spacial score (nSPS) is 15.9. The molecular weight excluding hydrogens is 378 g/mol. The summed E-state index contributed by atoms with van der Waals surface area (Å²) in [6.45, 7) is 3.39. The first-order chi connectivity index (χ1) is 14.5. The number of likely N-dealkylation sites (N-methyl/N-ethyl adjacent to an activating group) is 1. The van der Waals surface area contributed by atoms with Gasteiger partial charge in [-0.05, 0) is 44.0 Å². The minimum Gasteiger partial charge on any atom is -0.497 e. The molecule has 1 saturated heterocycles. The van der Waals surface area contributed by atoms with E-state index >= 15 is 0 Å². The maximum absolute atomic E-state index is 13.4. The minimum absolute atomic E-state index is 0.0679. The smallest absolute Gasteiger partial charge is 0.257 e. The molecule has 0 radical (unpaired) electrons. The molecule has 1 aromatic heterocycles. The van der Waals surface area contributed by atoms with Gasteiger partial charge < -0.3 is 14.4 Å². The highest BCUT2D eigenvalue weighted by atomic mass is 16.5. The van der Waals surface area contributed by atoms with Gasteiger partial charge in [0.1, 0.15) is 11.4 Å². The van der Waals surface area contributed by atoms with Crippen LogP contribution in [-0.4, -0.2) is 54.0 Å². The molecule has 2 aromatic carbocycles. The number of ether oxygens (including phenoxy) is 2. The Bertz CT molecular complexity index is 1020. The van der Waals surface area contributed by atoms with E-state index in [0.717, 1.165) is 36.4 Å². The van der Waals surface area contributed by atoms with E-state index < -0.39 is 0 Å². The van der Waals surface area contributed by atoms with Gasteiger partial charge in [0.2, 0.25) is 0 Å². The van der Waals surface area contributed by atoms with Crippen molar-refractivity contribution < 1.29 is 14.3 Å². The van der Waals surface area contributed by atoms with Gasteiger partial charge in [-0.3, -0.25) is 4.79 Å². The van der Waals surface area contributed by atoms with Crippen LogP contribution in [0.15, 0.2) is 54.7 Å². The molecule has 2 heterocycles. The maximum Gasteiger partial charge on any atom is 0.257 e. The fourth-order valence-corrected chi connectivity index (χ4v) is 3.73. The fraction of sp³-hybridized carbons (Fsp3) is 0.333. The molecule has 1 atom stereocenters. The Morgan fingerprint density at radius 3 is 2.77 bits per heavy atom. The summed E-state index contributed by atoms with van der Waals surface area (Å²) in [6.07, 6.45) is 3.95. The number of methoxy groups -OCH3 is 1. The van der Waals surface area contributed by atoms with Crippen molar-refractivity contribution in [1.82, 2.24) is 14.7 Å². The third kappa shape index (κ3) is 4.24. The predicted octanol–water partition coefficient (Wildman–Crippen LogP) is 4.11. The van der Waals surface area contributed by atoms with Gasteiger partial charge in [0.05, 0.1) is 24.5 Å². The Morgan fingerprint density at radius 2 is 2.07 bits per heavy atom. The van der Waals surface area contributed by atoms with Crippen LogP contribution in [0.25, 0.3) is 16.9 Å². The van der Waals surface area contributed by atoms with Gasteiger partial charge in [0.15, 0.2) is 0 Å². The van der Waals surface area contributed by atoms with E-state index in [0.29, 0.717) is 17.8 Å². The number of amides is 1. The third-order valence-corrected chi connectivity index (χ3v) is 5.43. The SMILES string of the molecule is COc1cccc(-c2nn(-c3ccc(C)cc3)cc2C(=O)N(C)CC2CCCO2)c1. The number of hydrogen-bond donors (Lipinski definition) is 0. The number of carbonyl (C=O) groups is 1. The average Bonchev–Trinajstić information content (AvgIpc) is 3.44. The lowest BCUT2D eigenvalue weighted by atomic mass is 10.1. The van der Waals surface area contributed by atoms with E-state index in [1.165, 1.54) is 5.56 Å². The first-order valence-corrected chi connectivity index (χ1v) is 10.2. The van der Waals surface area contributed by atoms with Crippen molar-refractivity contribution >= 4 is 5.91 Å². The highest BCUT2D eigenvalue weighted by Gasteiger charge is 2.25. The molecule has 4 rings (SSSR count). The fourth-order valence-electron chi connectivity index (χ4n) is 3.73. The molecule has 1 amide bonds. The number of hydrogen-bond acceptors (Lipinski definition) is 4. The van der Waals surface area contributed by atoms with Crippen molar-refractivity contribution in [3.05, 3.63) is 65.9 Å². The largest absolute Gasteiger partial charge is 0.497 e. The van der Waals surface area contributed by atoms with E-state index in [9.17, 15) is 4.79 Å². The second kappa shape index (κ2) is 8.71. The Kier molecular flexibility index (Phi) is 5.86. The molecule has 6 nitrogen and oxygen atoms in total. The van der Waals surface area contributed by atoms with Crippen LogP contribution in [-0.2, 0) is 4.74 Å². The van der Waals surface area contributed by atoms with Gasteiger partial charge in [-0.1, -0.05) is 29.8 Å². The van der Waals surface area contributed by atoms with E-state index in [4.69, 9.17) is 14.6 Å². The summed E-state index contributed by atoms with van der Waals surface area (Å²) in [7, 11) is 3.45. The van der Waals surface area contributed by atoms with Crippen LogP contribution in [0, 0.1) is 6.92 Å². The van der Waals surface area contributed by atoms with Gasteiger partial charge in [0, 0.05) is 32.0 Å². The molecular formula is C24H27N3O3. The Balaban J connectivity index is 1.72. The Morgan fingerprint density at radius 1 is 1.27 bits per heavy atom. The molecule has 1 aliphatic heterocycles. The second-order valence-electron chi connectivity index (χ2n) is 7.72. The zero-order chi connectivity index (χ0) is 21.1. The van der Waals surface area contributed by atoms with Gasteiger partial charge in [-0.2, -0.15) is 5.10 Å². The Labute approximate surface area is 177 Å². The molecule has 0 aliphatic carbocycles. The first kappa shape index (κ1) is 20.2. The van der Waals surface area contributed by atoms with Gasteiger partial charge >= 0.3 is 0 Å². The number of benzene rings is 2. The molecule has 1 aliphatic rings. The third-order valence-electron chi connectivity index (χ3n) is 5.43. The van der Waals surface area contributed by atoms with Crippen LogP contribution in [0.1, 0.15) is 28.8 Å². The highest BCUT2D eigenvalue weighted by Crippen LogP contribution is 2.28. The summed E-state index contributed by atoms with van der Waals surface area (Å²) in [5.41, 5.74) is 4.12. The molecule has 1 unspecified atom stereocenters. The molecule has 0 spiro atoms. The van der Waals surface area contributed by atoms with Crippen LogP contribution >= 0.6 is 0 Å². The molecule has 3 aromatic rings.